The maximum atomic E-state index is 12.5. The van der Waals surface area contributed by atoms with Crippen LogP contribution in [0.1, 0.15) is 19.3 Å². The molecule has 6 nitrogen and oxygen atoms in total. The molecule has 158 valence electrons. The van der Waals surface area contributed by atoms with Crippen molar-refractivity contribution in [2.75, 3.05) is 57.8 Å². The molecule has 0 bridgehead atoms. The smallest absolute Gasteiger partial charge is 0.272 e. The summed E-state index contributed by atoms with van der Waals surface area (Å²) < 4.78 is 30.3. The van der Waals surface area contributed by atoms with E-state index in [1.165, 1.54) is 32.1 Å². The number of hydrogen-bond acceptors (Lipinski definition) is 6. The first-order valence-corrected chi connectivity index (χ1v) is 10.4. The van der Waals surface area contributed by atoms with E-state index in [9.17, 15) is 8.78 Å². The fourth-order valence-corrected chi connectivity index (χ4v) is 4.34. The molecular weight excluding hydrogens is 376 g/mol. The SMILES string of the molecule is CN1CCCCC1CN1CCN(c2ccc3ncnc(OCC(F)F)c3c2)CC1. The number of piperazine rings is 1. The minimum atomic E-state index is -2.53. The Bertz CT molecular complexity index is 813. The van der Waals surface area contributed by atoms with Crippen LogP contribution in [0.2, 0.25) is 0 Å². The molecule has 1 unspecified atom stereocenters. The molecule has 2 aliphatic heterocycles. The number of alkyl halides is 2. The standard InChI is InChI=1S/C21H29F2N5O/c1-26-7-3-2-4-17(26)13-27-8-10-28(11-9-27)16-5-6-19-18(12-16)21(25-15-24-19)29-14-20(22)23/h5-6,12,15,17,20H,2-4,7-11,13-14H2,1H3. The summed E-state index contributed by atoms with van der Waals surface area (Å²) in [4.78, 5) is 15.7. The van der Waals surface area contributed by atoms with Gasteiger partial charge >= 0.3 is 0 Å². The number of aromatic nitrogens is 2. The lowest BCUT2D eigenvalue weighted by molar-refractivity contribution is 0.0804. The van der Waals surface area contributed by atoms with Gasteiger partial charge in [-0.2, -0.15) is 0 Å². The van der Waals surface area contributed by atoms with E-state index in [0.717, 1.165) is 38.4 Å². The Hall–Kier alpha value is -2.06. The van der Waals surface area contributed by atoms with Crippen molar-refractivity contribution >= 4 is 16.6 Å². The quantitative estimate of drug-likeness (QED) is 0.737. The Labute approximate surface area is 170 Å². The molecule has 1 aromatic heterocycles. The summed E-state index contributed by atoms with van der Waals surface area (Å²) in [7, 11) is 2.24. The molecule has 0 radical (unpaired) electrons. The van der Waals surface area contributed by atoms with Gasteiger partial charge in [0, 0.05) is 44.5 Å². The second-order valence-corrected chi connectivity index (χ2v) is 8.00. The van der Waals surface area contributed by atoms with Gasteiger partial charge in [-0.3, -0.25) is 4.90 Å². The first kappa shape index (κ1) is 20.2. The van der Waals surface area contributed by atoms with Crippen LogP contribution in [-0.4, -0.2) is 85.2 Å². The molecule has 2 aliphatic rings. The fraction of sp³-hybridized carbons (Fsp3) is 0.619. The van der Waals surface area contributed by atoms with Crippen LogP contribution in [0.3, 0.4) is 0 Å². The van der Waals surface area contributed by atoms with Gasteiger partial charge in [0.05, 0.1) is 10.9 Å². The number of piperidine rings is 1. The highest BCUT2D eigenvalue weighted by molar-refractivity contribution is 5.86. The van der Waals surface area contributed by atoms with Crippen LogP contribution < -0.4 is 9.64 Å². The van der Waals surface area contributed by atoms with E-state index < -0.39 is 13.0 Å². The van der Waals surface area contributed by atoms with Crippen molar-refractivity contribution in [3.05, 3.63) is 24.5 Å². The number of rotatable bonds is 6. The molecule has 4 rings (SSSR count). The molecule has 29 heavy (non-hydrogen) atoms. The zero-order valence-electron chi connectivity index (χ0n) is 16.9. The van der Waals surface area contributed by atoms with E-state index in [2.05, 4.69) is 31.7 Å². The lowest BCUT2D eigenvalue weighted by Gasteiger charge is -2.40. The maximum absolute atomic E-state index is 12.5. The van der Waals surface area contributed by atoms with Crippen molar-refractivity contribution in [3.63, 3.8) is 0 Å². The maximum Gasteiger partial charge on any atom is 0.272 e. The average Bonchev–Trinajstić information content (AvgIpc) is 2.74. The molecule has 2 fully saturated rings. The van der Waals surface area contributed by atoms with Gasteiger partial charge in [-0.15, -0.1) is 0 Å². The Morgan fingerprint density at radius 2 is 1.93 bits per heavy atom. The lowest BCUT2D eigenvalue weighted by Crippen LogP contribution is -2.51. The molecule has 1 aromatic carbocycles. The van der Waals surface area contributed by atoms with Crippen LogP contribution in [0.4, 0.5) is 14.5 Å². The summed E-state index contributed by atoms with van der Waals surface area (Å²) in [6, 6.07) is 6.57. The Kier molecular flexibility index (Phi) is 6.40. The van der Waals surface area contributed by atoms with Gasteiger partial charge in [-0.1, -0.05) is 6.42 Å². The topological polar surface area (TPSA) is 44.7 Å². The predicted molar refractivity (Wildman–Crippen MR) is 110 cm³/mol. The first-order chi connectivity index (χ1) is 14.1. The normalized spacial score (nSPS) is 21.8. The number of halogens is 2. The van der Waals surface area contributed by atoms with Crippen LogP contribution >= 0.6 is 0 Å². The van der Waals surface area contributed by atoms with Crippen LogP contribution in [0, 0.1) is 0 Å². The molecule has 0 amide bonds. The van der Waals surface area contributed by atoms with Crippen molar-refractivity contribution in [1.82, 2.24) is 19.8 Å². The second-order valence-electron chi connectivity index (χ2n) is 8.00. The number of likely N-dealkylation sites (N-methyl/N-ethyl adjacent to an activating group) is 1. The number of ether oxygens (including phenoxy) is 1. The highest BCUT2D eigenvalue weighted by Crippen LogP contribution is 2.28. The summed E-state index contributed by atoms with van der Waals surface area (Å²) in [5.41, 5.74) is 1.76. The second kappa shape index (κ2) is 9.17. The molecule has 0 N–H and O–H groups in total. The molecule has 0 saturated carbocycles. The molecule has 2 saturated heterocycles. The minimum absolute atomic E-state index is 0.219. The molecule has 0 spiro atoms. The number of fused-ring (bicyclic) bond motifs is 1. The van der Waals surface area contributed by atoms with Gasteiger partial charge in [-0.25, -0.2) is 18.7 Å². The highest BCUT2D eigenvalue weighted by atomic mass is 19.3. The van der Waals surface area contributed by atoms with Gasteiger partial charge < -0.3 is 14.5 Å². The summed E-state index contributed by atoms with van der Waals surface area (Å²) in [5, 5.41) is 0.678. The molecule has 8 heteroatoms. The third kappa shape index (κ3) is 4.93. The summed E-state index contributed by atoms with van der Waals surface area (Å²) in [5.74, 6) is 0.219. The Balaban J connectivity index is 1.40. The van der Waals surface area contributed by atoms with E-state index in [4.69, 9.17) is 4.74 Å². The van der Waals surface area contributed by atoms with Gasteiger partial charge in [0.1, 0.15) is 6.33 Å². The van der Waals surface area contributed by atoms with Crippen molar-refractivity contribution in [2.45, 2.75) is 31.7 Å². The Morgan fingerprint density at radius 1 is 1.10 bits per heavy atom. The molecule has 2 aromatic rings. The third-order valence-corrected chi connectivity index (χ3v) is 6.06. The zero-order chi connectivity index (χ0) is 20.2. The van der Waals surface area contributed by atoms with Crippen molar-refractivity contribution < 1.29 is 13.5 Å². The minimum Gasteiger partial charge on any atom is -0.471 e. The predicted octanol–water partition coefficient (Wildman–Crippen LogP) is 2.88. The van der Waals surface area contributed by atoms with Crippen LogP contribution in [0.5, 0.6) is 5.88 Å². The van der Waals surface area contributed by atoms with Crippen LogP contribution in [0.25, 0.3) is 10.9 Å². The average molecular weight is 405 g/mol. The van der Waals surface area contributed by atoms with Gasteiger partial charge in [0.2, 0.25) is 5.88 Å². The molecule has 0 aliphatic carbocycles. The number of nitrogens with zero attached hydrogens (tertiary/aromatic N) is 5. The summed E-state index contributed by atoms with van der Waals surface area (Å²) >= 11 is 0. The third-order valence-electron chi connectivity index (χ3n) is 6.06. The van der Waals surface area contributed by atoms with E-state index in [0.29, 0.717) is 16.9 Å². The molecular formula is C21H29F2N5O. The molecule has 3 heterocycles. The van der Waals surface area contributed by atoms with Gasteiger partial charge in [-0.05, 0) is 44.6 Å². The van der Waals surface area contributed by atoms with Crippen molar-refractivity contribution in [2.24, 2.45) is 0 Å². The van der Waals surface area contributed by atoms with E-state index in [1.807, 2.05) is 18.2 Å². The van der Waals surface area contributed by atoms with Crippen LogP contribution in [0.15, 0.2) is 24.5 Å². The summed E-state index contributed by atoms with van der Waals surface area (Å²) in [6.45, 7) is 5.64. The van der Waals surface area contributed by atoms with Crippen molar-refractivity contribution in [1.29, 1.82) is 0 Å². The van der Waals surface area contributed by atoms with Gasteiger partial charge in [0.25, 0.3) is 6.43 Å². The highest BCUT2D eigenvalue weighted by Gasteiger charge is 2.24. The van der Waals surface area contributed by atoms with E-state index in [-0.39, 0.29) is 5.88 Å². The number of likely N-dealkylation sites (tertiary alicyclic amines) is 1. The first-order valence-electron chi connectivity index (χ1n) is 10.4. The monoisotopic (exact) mass is 405 g/mol. The fourth-order valence-electron chi connectivity index (χ4n) is 4.34. The zero-order valence-corrected chi connectivity index (χ0v) is 16.9. The summed E-state index contributed by atoms with van der Waals surface area (Å²) in [6.07, 6.45) is 2.77. The largest absolute Gasteiger partial charge is 0.471 e. The molecule has 1 atom stereocenters. The Morgan fingerprint density at radius 3 is 2.69 bits per heavy atom. The van der Waals surface area contributed by atoms with Crippen molar-refractivity contribution in [3.8, 4) is 5.88 Å². The van der Waals surface area contributed by atoms with Gasteiger partial charge in [0.15, 0.2) is 6.61 Å². The lowest BCUT2D eigenvalue weighted by atomic mass is 10.0. The van der Waals surface area contributed by atoms with Crippen LogP contribution in [-0.2, 0) is 0 Å². The van der Waals surface area contributed by atoms with E-state index in [1.54, 1.807) is 0 Å². The van der Waals surface area contributed by atoms with E-state index >= 15 is 0 Å². The number of benzene rings is 1. The number of anilines is 1. The number of hydrogen-bond donors (Lipinski definition) is 0.